The van der Waals surface area contributed by atoms with Gasteiger partial charge in [0, 0.05) is 36.9 Å². The zero-order valence-corrected chi connectivity index (χ0v) is 31.6. The lowest BCUT2D eigenvalue weighted by Gasteiger charge is -2.11. The predicted octanol–water partition coefficient (Wildman–Crippen LogP) is 14.5. The van der Waals surface area contributed by atoms with Crippen molar-refractivity contribution in [2.45, 2.75) is 0 Å². The Hall–Kier alpha value is -7.27. The Bertz CT molecular complexity index is 3240. The molecule has 4 heteroatoms. The molecular formula is C53H33N3S. The molecule has 11 aromatic rings. The normalized spacial score (nSPS) is 11.5. The van der Waals surface area contributed by atoms with E-state index < -0.39 is 0 Å². The second-order valence-corrected chi connectivity index (χ2v) is 15.5. The van der Waals surface area contributed by atoms with Crippen LogP contribution in [0, 0.1) is 0 Å². The van der Waals surface area contributed by atoms with E-state index in [1.54, 1.807) is 11.3 Å². The molecule has 266 valence electrons. The van der Waals surface area contributed by atoms with Crippen molar-refractivity contribution >= 4 is 53.1 Å². The zero-order chi connectivity index (χ0) is 37.7. The maximum atomic E-state index is 5.10. The van der Waals surface area contributed by atoms with Gasteiger partial charge in [-0.05, 0) is 91.3 Å². The first-order valence-electron chi connectivity index (χ1n) is 19.2. The summed E-state index contributed by atoms with van der Waals surface area (Å²) in [7, 11) is 0. The molecule has 57 heavy (non-hydrogen) atoms. The highest BCUT2D eigenvalue weighted by molar-refractivity contribution is 7.26. The van der Waals surface area contributed by atoms with Crippen molar-refractivity contribution in [3.05, 3.63) is 200 Å². The summed E-state index contributed by atoms with van der Waals surface area (Å²) < 4.78 is 2.43. The molecule has 2 aromatic heterocycles. The fraction of sp³-hybridized carbons (Fsp3) is 0. The van der Waals surface area contributed by atoms with Crippen LogP contribution in [0.2, 0.25) is 0 Å². The van der Waals surface area contributed by atoms with Crippen molar-refractivity contribution in [3.63, 3.8) is 0 Å². The van der Waals surface area contributed by atoms with Crippen LogP contribution in [0.3, 0.4) is 0 Å². The van der Waals surface area contributed by atoms with Gasteiger partial charge in [-0.15, -0.1) is 11.3 Å². The van der Waals surface area contributed by atoms with E-state index in [2.05, 4.69) is 164 Å². The Balaban J connectivity index is 0.998. The molecule has 0 unspecified atom stereocenters. The summed E-state index contributed by atoms with van der Waals surface area (Å²) in [6.45, 7) is 0. The molecule has 0 saturated carbocycles. The van der Waals surface area contributed by atoms with Crippen LogP contribution < -0.4 is 0 Å². The van der Waals surface area contributed by atoms with Crippen molar-refractivity contribution in [2.24, 2.45) is 0 Å². The van der Waals surface area contributed by atoms with Crippen LogP contribution >= 0.6 is 11.3 Å². The molecule has 2 heterocycles. The molecule has 0 aliphatic rings. The van der Waals surface area contributed by atoms with E-state index in [0.29, 0.717) is 17.5 Å². The lowest BCUT2D eigenvalue weighted by Crippen LogP contribution is -2.00. The highest BCUT2D eigenvalue weighted by Crippen LogP contribution is 2.42. The lowest BCUT2D eigenvalue weighted by atomic mass is 9.94. The third-order valence-electron chi connectivity index (χ3n) is 10.9. The maximum absolute atomic E-state index is 5.10. The summed E-state index contributed by atoms with van der Waals surface area (Å²) in [6.07, 6.45) is 0. The first-order valence-corrected chi connectivity index (χ1v) is 20.0. The Morgan fingerprint density at radius 1 is 0.281 bits per heavy atom. The Kier molecular flexibility index (Phi) is 8.01. The average molecular weight is 744 g/mol. The fourth-order valence-electron chi connectivity index (χ4n) is 8.06. The van der Waals surface area contributed by atoms with Crippen LogP contribution in [0.5, 0.6) is 0 Å². The number of aromatic nitrogens is 3. The molecule has 11 rings (SSSR count). The van der Waals surface area contributed by atoms with Crippen molar-refractivity contribution in [2.75, 3.05) is 0 Å². The van der Waals surface area contributed by atoms with E-state index in [9.17, 15) is 0 Å². The van der Waals surface area contributed by atoms with Gasteiger partial charge in [0.05, 0.1) is 0 Å². The number of hydrogen-bond donors (Lipinski definition) is 0. The smallest absolute Gasteiger partial charge is 0.164 e. The molecule has 0 N–H and O–H groups in total. The first kappa shape index (κ1) is 33.1. The van der Waals surface area contributed by atoms with E-state index in [4.69, 9.17) is 15.0 Å². The van der Waals surface area contributed by atoms with Gasteiger partial charge in [-0.3, -0.25) is 0 Å². The van der Waals surface area contributed by atoms with Gasteiger partial charge in [-0.2, -0.15) is 0 Å². The van der Waals surface area contributed by atoms with Crippen LogP contribution in [0.15, 0.2) is 200 Å². The minimum absolute atomic E-state index is 0.659. The minimum Gasteiger partial charge on any atom is -0.208 e. The summed E-state index contributed by atoms with van der Waals surface area (Å²) in [4.78, 5) is 15.1. The van der Waals surface area contributed by atoms with E-state index in [1.165, 1.54) is 69.7 Å². The van der Waals surface area contributed by atoms with Gasteiger partial charge < -0.3 is 0 Å². The number of benzene rings is 9. The molecule has 0 spiro atoms. The van der Waals surface area contributed by atoms with Gasteiger partial charge in [0.15, 0.2) is 17.5 Å². The third-order valence-corrected chi connectivity index (χ3v) is 12.0. The van der Waals surface area contributed by atoms with Gasteiger partial charge in [-0.25, -0.2) is 15.0 Å². The number of rotatable bonds is 6. The molecule has 0 atom stereocenters. The molecule has 0 aliphatic carbocycles. The van der Waals surface area contributed by atoms with Gasteiger partial charge in [0.25, 0.3) is 0 Å². The largest absolute Gasteiger partial charge is 0.208 e. The number of fused-ring (bicyclic) bond motifs is 6. The molecule has 3 nitrogen and oxygen atoms in total. The third kappa shape index (κ3) is 6.04. The second kappa shape index (κ2) is 13.8. The molecule has 0 radical (unpaired) electrons. The summed E-state index contributed by atoms with van der Waals surface area (Å²) in [5.41, 5.74) is 10.0. The lowest BCUT2D eigenvalue weighted by molar-refractivity contribution is 1.08. The van der Waals surface area contributed by atoms with Gasteiger partial charge in [0.2, 0.25) is 0 Å². The number of thiophene rings is 1. The molecule has 0 aliphatic heterocycles. The summed E-state index contributed by atoms with van der Waals surface area (Å²) >= 11 is 1.80. The number of nitrogens with zero attached hydrogens (tertiary/aromatic N) is 3. The topological polar surface area (TPSA) is 38.7 Å². The van der Waals surface area contributed by atoms with Crippen molar-refractivity contribution < 1.29 is 0 Å². The van der Waals surface area contributed by atoms with Crippen LogP contribution in [0.25, 0.3) is 109 Å². The SMILES string of the molecule is c1ccc(-c2nc(-c3ccccc3)nc(-c3cccc4sc5ccc(-c6cccc(-c7cccc(-c8ccc9ccc%10ccccc%10c9c8)c7)c6)cc5c34)n2)cc1. The van der Waals surface area contributed by atoms with Crippen LogP contribution in [-0.4, -0.2) is 15.0 Å². The van der Waals surface area contributed by atoms with E-state index >= 15 is 0 Å². The Morgan fingerprint density at radius 2 is 0.754 bits per heavy atom. The Labute approximate surface area is 334 Å². The Morgan fingerprint density at radius 3 is 1.40 bits per heavy atom. The minimum atomic E-state index is 0.659. The van der Waals surface area contributed by atoms with E-state index in [1.807, 2.05) is 36.4 Å². The summed E-state index contributed by atoms with van der Waals surface area (Å²) in [6, 6.07) is 71.3. The fourth-order valence-corrected chi connectivity index (χ4v) is 9.17. The van der Waals surface area contributed by atoms with Crippen molar-refractivity contribution in [1.29, 1.82) is 0 Å². The zero-order valence-electron chi connectivity index (χ0n) is 30.8. The first-order chi connectivity index (χ1) is 28.2. The molecular weight excluding hydrogens is 711 g/mol. The summed E-state index contributed by atoms with van der Waals surface area (Å²) in [5, 5.41) is 7.44. The molecule has 0 amide bonds. The molecule has 0 bridgehead atoms. The monoisotopic (exact) mass is 743 g/mol. The van der Waals surface area contributed by atoms with Gasteiger partial charge in [0.1, 0.15) is 0 Å². The van der Waals surface area contributed by atoms with E-state index in [0.717, 1.165) is 22.1 Å². The quantitative estimate of drug-likeness (QED) is 0.159. The van der Waals surface area contributed by atoms with Crippen LogP contribution in [-0.2, 0) is 0 Å². The predicted molar refractivity (Wildman–Crippen MR) is 240 cm³/mol. The van der Waals surface area contributed by atoms with Crippen molar-refractivity contribution in [1.82, 2.24) is 15.0 Å². The molecule has 9 aromatic carbocycles. The molecule has 0 fully saturated rings. The van der Waals surface area contributed by atoms with Crippen molar-refractivity contribution in [3.8, 4) is 67.5 Å². The second-order valence-electron chi connectivity index (χ2n) is 14.4. The molecule has 0 saturated heterocycles. The van der Waals surface area contributed by atoms with E-state index in [-0.39, 0.29) is 0 Å². The van der Waals surface area contributed by atoms with Gasteiger partial charge in [-0.1, -0.05) is 164 Å². The van der Waals surface area contributed by atoms with Gasteiger partial charge >= 0.3 is 0 Å². The highest BCUT2D eigenvalue weighted by Gasteiger charge is 2.18. The standard InChI is InChI=1S/C53H33N3S/c1-3-13-36(14-4-1)51-54-52(37-15-5-2-6-16-37)56-53(55-51)45-22-11-23-49-50(45)47-33-43(28-29-48(47)57-49)41-20-10-18-39(31-41)38-17-9-19-40(30-38)42-27-26-35-25-24-34-12-7-8-21-44(34)46(35)32-42/h1-33H. The van der Waals surface area contributed by atoms with Crippen LogP contribution in [0.4, 0.5) is 0 Å². The maximum Gasteiger partial charge on any atom is 0.164 e. The van der Waals surface area contributed by atoms with Crippen LogP contribution in [0.1, 0.15) is 0 Å². The average Bonchev–Trinajstić information content (AvgIpc) is 3.68. The summed E-state index contributed by atoms with van der Waals surface area (Å²) in [5.74, 6) is 1.98. The number of hydrogen-bond acceptors (Lipinski definition) is 4. The highest BCUT2D eigenvalue weighted by atomic mass is 32.1.